The van der Waals surface area contributed by atoms with Gasteiger partial charge in [-0.15, -0.1) is 0 Å². The number of benzene rings is 1. The summed E-state index contributed by atoms with van der Waals surface area (Å²) in [5.41, 5.74) is 4.58. The lowest BCUT2D eigenvalue weighted by Gasteiger charge is -2.07. The third-order valence-corrected chi connectivity index (χ3v) is 1.59. The van der Waals surface area contributed by atoms with Gasteiger partial charge in [0.05, 0.1) is 5.56 Å². The lowest BCUT2D eigenvalue weighted by atomic mass is 10.1. The van der Waals surface area contributed by atoms with Crippen molar-refractivity contribution in [2.45, 2.75) is 6.18 Å². The summed E-state index contributed by atoms with van der Waals surface area (Å²) < 4.78 is 37.0. The predicted octanol–water partition coefficient (Wildman–Crippen LogP) is 1.63. The lowest BCUT2D eigenvalue weighted by Crippen LogP contribution is -2.06. The predicted molar refractivity (Wildman–Crippen MR) is 49.8 cm³/mol. The fourth-order valence-electron chi connectivity index (χ4n) is 1.03. The molecule has 0 fully saturated rings. The van der Waals surface area contributed by atoms with E-state index in [4.69, 9.17) is 10.8 Å². The van der Waals surface area contributed by atoms with E-state index in [0.29, 0.717) is 0 Å². The molecule has 0 saturated carbocycles. The molecule has 0 radical (unpaired) electrons. The van der Waals surface area contributed by atoms with E-state index in [1.54, 1.807) is 0 Å². The highest BCUT2D eigenvalue weighted by Gasteiger charge is 2.30. The summed E-state index contributed by atoms with van der Waals surface area (Å²) in [5.74, 6) is 4.62. The summed E-state index contributed by atoms with van der Waals surface area (Å²) in [7, 11) is 0. The monoisotopic (exact) mass is 215 g/mol. The van der Waals surface area contributed by atoms with Gasteiger partial charge in [-0.3, -0.25) is 0 Å². The molecule has 0 amide bonds. The zero-order valence-electron chi connectivity index (χ0n) is 7.60. The summed E-state index contributed by atoms with van der Waals surface area (Å²) in [6, 6.07) is 3.04. The van der Waals surface area contributed by atoms with Crippen molar-refractivity contribution < 1.29 is 18.3 Å². The van der Waals surface area contributed by atoms with Crippen molar-refractivity contribution in [3.63, 3.8) is 0 Å². The largest absolute Gasteiger partial charge is 0.416 e. The molecule has 3 N–H and O–H groups in total. The molecule has 0 spiro atoms. The smallest absolute Gasteiger partial charge is 0.399 e. The topological polar surface area (TPSA) is 46.2 Å². The minimum Gasteiger partial charge on any atom is -0.399 e. The Balaban J connectivity index is 3.17. The average molecular weight is 215 g/mol. The summed E-state index contributed by atoms with van der Waals surface area (Å²) >= 11 is 0. The van der Waals surface area contributed by atoms with Crippen LogP contribution in [0.4, 0.5) is 18.9 Å². The molecule has 0 bridgehead atoms. The molecule has 1 aromatic rings. The van der Waals surface area contributed by atoms with Crippen LogP contribution < -0.4 is 5.73 Å². The summed E-state index contributed by atoms with van der Waals surface area (Å²) in [6.07, 6.45) is -4.44. The zero-order chi connectivity index (χ0) is 11.5. The number of rotatable bonds is 0. The Kier molecular flexibility index (Phi) is 3.22. The van der Waals surface area contributed by atoms with Crippen LogP contribution >= 0.6 is 0 Å². The van der Waals surface area contributed by atoms with Crippen molar-refractivity contribution >= 4 is 5.69 Å². The van der Waals surface area contributed by atoms with E-state index in [9.17, 15) is 13.2 Å². The average Bonchev–Trinajstić information content (AvgIpc) is 2.12. The van der Waals surface area contributed by atoms with Gasteiger partial charge in [0.1, 0.15) is 6.61 Å². The fraction of sp³-hybridized carbons (Fsp3) is 0.200. The molecule has 0 unspecified atom stereocenters. The van der Waals surface area contributed by atoms with Gasteiger partial charge in [0.25, 0.3) is 0 Å². The van der Waals surface area contributed by atoms with Gasteiger partial charge in [-0.25, -0.2) is 0 Å². The Bertz CT molecular complexity index is 415. The first kappa shape index (κ1) is 11.4. The summed E-state index contributed by atoms with van der Waals surface area (Å²) in [5, 5.41) is 8.40. The first-order valence-electron chi connectivity index (χ1n) is 4.01. The van der Waals surface area contributed by atoms with Crippen LogP contribution in [0.15, 0.2) is 18.2 Å². The van der Waals surface area contributed by atoms with Crippen LogP contribution in [0.25, 0.3) is 0 Å². The van der Waals surface area contributed by atoms with E-state index in [-0.39, 0.29) is 11.3 Å². The zero-order valence-corrected chi connectivity index (χ0v) is 7.60. The number of halogens is 3. The number of hydrogen-bond donors (Lipinski definition) is 2. The Morgan fingerprint density at radius 2 is 1.93 bits per heavy atom. The highest BCUT2D eigenvalue weighted by molar-refractivity contribution is 5.51. The molecule has 1 rings (SSSR count). The van der Waals surface area contributed by atoms with Crippen molar-refractivity contribution in [2.75, 3.05) is 12.3 Å². The van der Waals surface area contributed by atoms with Crippen LogP contribution in [0.3, 0.4) is 0 Å². The number of aliphatic hydroxyl groups is 1. The van der Waals surface area contributed by atoms with Crippen molar-refractivity contribution in [2.24, 2.45) is 0 Å². The Morgan fingerprint density at radius 1 is 1.27 bits per heavy atom. The standard InChI is InChI=1S/C10H8F3NO/c11-10(12,13)8-4-7(2-1-3-15)5-9(14)6-8/h4-6,15H,3,14H2. The van der Waals surface area contributed by atoms with Crippen molar-refractivity contribution in [1.82, 2.24) is 0 Å². The third-order valence-electron chi connectivity index (χ3n) is 1.59. The van der Waals surface area contributed by atoms with Gasteiger partial charge < -0.3 is 10.8 Å². The molecule has 0 atom stereocenters. The van der Waals surface area contributed by atoms with Gasteiger partial charge in [-0.1, -0.05) is 11.8 Å². The summed E-state index contributed by atoms with van der Waals surface area (Å²) in [6.45, 7) is -0.407. The number of aliphatic hydroxyl groups excluding tert-OH is 1. The third kappa shape index (κ3) is 3.18. The second kappa shape index (κ2) is 4.24. The highest BCUT2D eigenvalue weighted by Crippen LogP contribution is 2.31. The summed E-state index contributed by atoms with van der Waals surface area (Å²) in [4.78, 5) is 0. The van der Waals surface area contributed by atoms with Gasteiger partial charge in [-0.05, 0) is 18.2 Å². The first-order valence-corrected chi connectivity index (χ1v) is 4.01. The van der Waals surface area contributed by atoms with Crippen LogP contribution in [0.5, 0.6) is 0 Å². The van der Waals surface area contributed by atoms with Crippen molar-refractivity contribution in [3.8, 4) is 11.8 Å². The number of nitrogen functional groups attached to an aromatic ring is 1. The maximum atomic E-state index is 12.3. The van der Waals surface area contributed by atoms with E-state index < -0.39 is 18.3 Å². The number of anilines is 1. The van der Waals surface area contributed by atoms with Crippen LogP contribution in [0, 0.1) is 11.8 Å². The van der Waals surface area contributed by atoms with E-state index >= 15 is 0 Å². The van der Waals surface area contributed by atoms with Gasteiger partial charge in [0, 0.05) is 11.3 Å². The van der Waals surface area contributed by atoms with E-state index in [0.717, 1.165) is 12.1 Å². The van der Waals surface area contributed by atoms with Gasteiger partial charge in [0.15, 0.2) is 0 Å². The van der Waals surface area contributed by atoms with Crippen LogP contribution in [-0.4, -0.2) is 11.7 Å². The molecule has 1 aromatic carbocycles. The molecular formula is C10H8F3NO. The van der Waals surface area contributed by atoms with Gasteiger partial charge >= 0.3 is 6.18 Å². The van der Waals surface area contributed by atoms with Gasteiger partial charge in [-0.2, -0.15) is 13.2 Å². The molecule has 0 aliphatic carbocycles. The molecule has 2 nitrogen and oxygen atoms in total. The fourth-order valence-corrected chi connectivity index (χ4v) is 1.03. The Hall–Kier alpha value is -1.67. The minimum absolute atomic E-state index is 0.00735. The van der Waals surface area contributed by atoms with Gasteiger partial charge in [0.2, 0.25) is 0 Å². The number of nitrogens with two attached hydrogens (primary N) is 1. The second-order valence-corrected chi connectivity index (χ2v) is 2.80. The molecule has 0 heterocycles. The maximum absolute atomic E-state index is 12.3. The molecule has 0 aliphatic heterocycles. The minimum atomic E-state index is -4.44. The first-order chi connectivity index (χ1) is 6.93. The SMILES string of the molecule is Nc1cc(C#CCO)cc(C(F)(F)F)c1. The highest BCUT2D eigenvalue weighted by atomic mass is 19.4. The maximum Gasteiger partial charge on any atom is 0.416 e. The molecule has 5 heteroatoms. The molecule has 15 heavy (non-hydrogen) atoms. The molecule has 0 aromatic heterocycles. The van der Waals surface area contributed by atoms with Crippen molar-refractivity contribution in [1.29, 1.82) is 0 Å². The molecule has 0 saturated heterocycles. The lowest BCUT2D eigenvalue weighted by molar-refractivity contribution is -0.137. The molecule has 0 aliphatic rings. The van der Waals surface area contributed by atoms with Crippen LogP contribution in [0.2, 0.25) is 0 Å². The van der Waals surface area contributed by atoms with E-state index in [1.807, 2.05) is 0 Å². The van der Waals surface area contributed by atoms with Crippen LogP contribution in [-0.2, 0) is 6.18 Å². The molecular weight excluding hydrogens is 207 g/mol. The normalized spacial score (nSPS) is 10.7. The van der Waals surface area contributed by atoms with E-state index in [2.05, 4.69) is 11.8 Å². The molecule has 80 valence electrons. The van der Waals surface area contributed by atoms with Crippen LogP contribution in [0.1, 0.15) is 11.1 Å². The Labute approximate surface area is 84.5 Å². The Morgan fingerprint density at radius 3 is 2.47 bits per heavy atom. The second-order valence-electron chi connectivity index (χ2n) is 2.80. The number of hydrogen-bond acceptors (Lipinski definition) is 2. The quantitative estimate of drug-likeness (QED) is 0.510. The number of alkyl halides is 3. The van der Waals surface area contributed by atoms with Crippen molar-refractivity contribution in [3.05, 3.63) is 29.3 Å². The van der Waals surface area contributed by atoms with E-state index in [1.165, 1.54) is 6.07 Å².